The average Bonchev–Trinajstić information content (AvgIpc) is 2.54. The fraction of sp³-hybridized carbons (Fsp3) is 0.235. The summed E-state index contributed by atoms with van der Waals surface area (Å²) in [5.41, 5.74) is 0. The molecule has 0 fully saturated rings. The third-order valence-electron chi connectivity index (χ3n) is 2.91. The summed E-state index contributed by atoms with van der Waals surface area (Å²) < 4.78 is 5.57. The molecule has 5 heteroatoms. The Balaban J connectivity index is 1.67. The maximum Gasteiger partial charge on any atom is 0.260 e. The van der Waals surface area contributed by atoms with Crippen molar-refractivity contribution in [2.75, 3.05) is 12.3 Å². The van der Waals surface area contributed by atoms with Crippen molar-refractivity contribution >= 4 is 29.3 Å². The SMILES string of the molecule is C[C@H](Oc1ccccc1)C(=O)NCCSc1ccc(Cl)cc1. The molecule has 0 aliphatic carbocycles. The lowest BCUT2D eigenvalue weighted by Gasteiger charge is -2.14. The predicted octanol–water partition coefficient (Wildman–Crippen LogP) is 4.02. The molecule has 0 bridgehead atoms. The molecule has 22 heavy (non-hydrogen) atoms. The minimum Gasteiger partial charge on any atom is -0.481 e. The molecule has 0 aromatic heterocycles. The summed E-state index contributed by atoms with van der Waals surface area (Å²) in [5.74, 6) is 1.38. The zero-order chi connectivity index (χ0) is 15.8. The van der Waals surface area contributed by atoms with Crippen LogP contribution in [-0.4, -0.2) is 24.3 Å². The molecule has 1 N–H and O–H groups in total. The highest BCUT2D eigenvalue weighted by Crippen LogP contribution is 2.19. The van der Waals surface area contributed by atoms with Gasteiger partial charge in [-0.1, -0.05) is 29.8 Å². The number of carbonyl (C=O) groups excluding carboxylic acids is 1. The summed E-state index contributed by atoms with van der Waals surface area (Å²) in [4.78, 5) is 13.1. The van der Waals surface area contributed by atoms with Crippen molar-refractivity contribution in [3.63, 3.8) is 0 Å². The molecule has 3 nitrogen and oxygen atoms in total. The molecular formula is C17H18ClNO2S. The first-order valence-electron chi connectivity index (χ1n) is 7.03. The van der Waals surface area contributed by atoms with Gasteiger partial charge in [-0.25, -0.2) is 0 Å². The summed E-state index contributed by atoms with van der Waals surface area (Å²) in [5, 5.41) is 3.60. The van der Waals surface area contributed by atoms with Crippen LogP contribution >= 0.6 is 23.4 Å². The molecule has 2 aromatic rings. The van der Waals surface area contributed by atoms with Gasteiger partial charge in [-0.05, 0) is 43.3 Å². The van der Waals surface area contributed by atoms with Crippen molar-refractivity contribution in [2.24, 2.45) is 0 Å². The number of nitrogens with one attached hydrogen (secondary N) is 1. The predicted molar refractivity (Wildman–Crippen MR) is 91.7 cm³/mol. The molecule has 0 unspecified atom stereocenters. The minimum absolute atomic E-state index is 0.111. The number of para-hydroxylation sites is 1. The van der Waals surface area contributed by atoms with Crippen molar-refractivity contribution in [1.82, 2.24) is 5.32 Å². The van der Waals surface area contributed by atoms with E-state index < -0.39 is 6.10 Å². The van der Waals surface area contributed by atoms with Gasteiger partial charge in [0, 0.05) is 22.2 Å². The molecule has 116 valence electrons. The van der Waals surface area contributed by atoms with Crippen LogP contribution in [0.15, 0.2) is 59.5 Å². The minimum atomic E-state index is -0.511. The molecule has 0 aliphatic heterocycles. The van der Waals surface area contributed by atoms with Crippen molar-refractivity contribution in [3.8, 4) is 5.75 Å². The van der Waals surface area contributed by atoms with Crippen LogP contribution in [0.2, 0.25) is 5.02 Å². The molecule has 0 aliphatic rings. The van der Waals surface area contributed by atoms with Gasteiger partial charge in [-0.3, -0.25) is 4.79 Å². The zero-order valence-electron chi connectivity index (χ0n) is 12.3. The molecule has 0 saturated heterocycles. The number of halogens is 1. The molecule has 2 rings (SSSR count). The van der Waals surface area contributed by atoms with Gasteiger partial charge in [0.15, 0.2) is 6.10 Å². The quantitative estimate of drug-likeness (QED) is 0.613. The Kier molecular flexibility index (Phi) is 6.62. The van der Waals surface area contributed by atoms with Crippen molar-refractivity contribution in [2.45, 2.75) is 17.9 Å². The number of ether oxygens (including phenoxy) is 1. The number of rotatable bonds is 7. The highest BCUT2D eigenvalue weighted by Gasteiger charge is 2.13. The monoisotopic (exact) mass is 335 g/mol. The van der Waals surface area contributed by atoms with Gasteiger partial charge in [-0.2, -0.15) is 0 Å². The smallest absolute Gasteiger partial charge is 0.260 e. The van der Waals surface area contributed by atoms with E-state index in [1.165, 1.54) is 0 Å². The highest BCUT2D eigenvalue weighted by molar-refractivity contribution is 7.99. The second kappa shape index (κ2) is 8.71. The average molecular weight is 336 g/mol. The zero-order valence-corrected chi connectivity index (χ0v) is 13.9. The van der Waals surface area contributed by atoms with Gasteiger partial charge >= 0.3 is 0 Å². The Morgan fingerprint density at radius 3 is 2.55 bits per heavy atom. The van der Waals surface area contributed by atoms with E-state index in [9.17, 15) is 4.79 Å². The standard InChI is InChI=1S/C17H18ClNO2S/c1-13(21-15-5-3-2-4-6-15)17(20)19-11-12-22-16-9-7-14(18)8-10-16/h2-10,13H,11-12H2,1H3,(H,19,20)/t13-/m0/s1. The molecule has 0 radical (unpaired) electrons. The van der Waals surface area contributed by atoms with Crippen LogP contribution in [0.4, 0.5) is 0 Å². The normalized spacial score (nSPS) is 11.7. The van der Waals surface area contributed by atoms with Gasteiger partial charge in [0.1, 0.15) is 5.75 Å². The van der Waals surface area contributed by atoms with Gasteiger partial charge in [0.2, 0.25) is 0 Å². The Morgan fingerprint density at radius 1 is 1.18 bits per heavy atom. The first kappa shape index (κ1) is 16.7. The Bertz CT molecular complexity index is 589. The Morgan fingerprint density at radius 2 is 1.86 bits per heavy atom. The lowest BCUT2D eigenvalue weighted by molar-refractivity contribution is -0.127. The molecule has 0 saturated carbocycles. The van der Waals surface area contributed by atoms with E-state index in [1.807, 2.05) is 54.6 Å². The van der Waals surface area contributed by atoms with Crippen LogP contribution in [0, 0.1) is 0 Å². The van der Waals surface area contributed by atoms with Gasteiger partial charge in [0.25, 0.3) is 5.91 Å². The van der Waals surface area contributed by atoms with E-state index in [2.05, 4.69) is 5.32 Å². The van der Waals surface area contributed by atoms with E-state index in [0.29, 0.717) is 12.3 Å². The fourth-order valence-corrected chi connectivity index (χ4v) is 2.67. The number of hydrogen-bond acceptors (Lipinski definition) is 3. The summed E-state index contributed by atoms with van der Waals surface area (Å²) >= 11 is 7.51. The highest BCUT2D eigenvalue weighted by atomic mass is 35.5. The maximum atomic E-state index is 11.9. The topological polar surface area (TPSA) is 38.3 Å². The molecule has 1 amide bonds. The van der Waals surface area contributed by atoms with E-state index in [4.69, 9.17) is 16.3 Å². The molecule has 0 heterocycles. The lowest BCUT2D eigenvalue weighted by atomic mass is 10.3. The van der Waals surface area contributed by atoms with Crippen molar-refractivity contribution < 1.29 is 9.53 Å². The third kappa shape index (κ3) is 5.62. The largest absolute Gasteiger partial charge is 0.481 e. The number of benzene rings is 2. The summed E-state index contributed by atoms with van der Waals surface area (Å²) in [6.45, 7) is 2.34. The number of thioether (sulfide) groups is 1. The van der Waals surface area contributed by atoms with E-state index in [0.717, 1.165) is 15.7 Å². The Labute approximate surface area is 140 Å². The van der Waals surface area contributed by atoms with Crippen LogP contribution in [0.5, 0.6) is 5.75 Å². The maximum absolute atomic E-state index is 11.9. The second-order valence-electron chi connectivity index (χ2n) is 4.67. The van der Waals surface area contributed by atoms with Crippen LogP contribution in [0.1, 0.15) is 6.92 Å². The first-order chi connectivity index (χ1) is 10.6. The number of carbonyl (C=O) groups is 1. The summed E-state index contributed by atoms with van der Waals surface area (Å²) in [7, 11) is 0. The van der Waals surface area contributed by atoms with Crippen LogP contribution < -0.4 is 10.1 Å². The summed E-state index contributed by atoms with van der Waals surface area (Å²) in [6.07, 6.45) is -0.511. The van der Waals surface area contributed by atoms with Crippen molar-refractivity contribution in [1.29, 1.82) is 0 Å². The number of hydrogen-bond donors (Lipinski definition) is 1. The van der Waals surface area contributed by atoms with E-state index in [-0.39, 0.29) is 5.91 Å². The van der Waals surface area contributed by atoms with Crippen molar-refractivity contribution in [3.05, 3.63) is 59.6 Å². The molecule has 2 aromatic carbocycles. The third-order valence-corrected chi connectivity index (χ3v) is 4.17. The van der Waals surface area contributed by atoms with Crippen LogP contribution in [-0.2, 0) is 4.79 Å². The second-order valence-corrected chi connectivity index (χ2v) is 6.27. The fourth-order valence-electron chi connectivity index (χ4n) is 1.77. The van der Waals surface area contributed by atoms with Crippen LogP contribution in [0.25, 0.3) is 0 Å². The first-order valence-corrected chi connectivity index (χ1v) is 8.39. The molecular weight excluding hydrogens is 318 g/mol. The van der Waals surface area contributed by atoms with E-state index in [1.54, 1.807) is 18.7 Å². The van der Waals surface area contributed by atoms with Gasteiger partial charge in [0.05, 0.1) is 0 Å². The lowest BCUT2D eigenvalue weighted by Crippen LogP contribution is -2.37. The molecule has 0 spiro atoms. The Hall–Kier alpha value is -1.65. The summed E-state index contributed by atoms with van der Waals surface area (Å²) in [6, 6.07) is 17.0. The van der Waals surface area contributed by atoms with Gasteiger partial charge in [-0.15, -0.1) is 11.8 Å². The van der Waals surface area contributed by atoms with E-state index >= 15 is 0 Å². The number of amides is 1. The molecule has 1 atom stereocenters. The van der Waals surface area contributed by atoms with Crippen LogP contribution in [0.3, 0.4) is 0 Å². The van der Waals surface area contributed by atoms with Gasteiger partial charge < -0.3 is 10.1 Å².